The Balaban J connectivity index is 0. The smallest absolute Gasteiger partial charge is 0.373 e. The third-order valence-electron chi connectivity index (χ3n) is 12.2. The molecule has 0 saturated carbocycles. The lowest BCUT2D eigenvalue weighted by molar-refractivity contribution is -0.150. The van der Waals surface area contributed by atoms with Gasteiger partial charge in [0.05, 0.1) is 44.8 Å². The number of benzene rings is 3. The number of ether oxygens (including phenoxy) is 6. The van der Waals surface area contributed by atoms with E-state index in [0.29, 0.717) is 30.8 Å². The first-order chi connectivity index (χ1) is 37.3. The highest BCUT2D eigenvalue weighted by atomic mass is 16.6. The second-order valence-electron chi connectivity index (χ2n) is 18.7. The Hall–Kier alpha value is -5.78. The number of esters is 4. The molecule has 77 heavy (non-hydrogen) atoms. The van der Waals surface area contributed by atoms with E-state index in [9.17, 15) is 19.2 Å². The van der Waals surface area contributed by atoms with E-state index in [1.54, 1.807) is 27.0 Å². The van der Waals surface area contributed by atoms with Crippen LogP contribution < -0.4 is 0 Å². The number of hydrogen-bond acceptors (Lipinski definition) is 12. The molecule has 0 aromatic heterocycles. The van der Waals surface area contributed by atoms with Gasteiger partial charge in [0.1, 0.15) is 23.7 Å². The SMILES string of the molecule is C=COC.CCCCCC(CC)OC(=O)C(=Cc1ccccc1)OC.CCCCCCCCCCCCCCCCCC(=O)OC(CC)CCCCC.CCOC(=O)c1ccc(O)cc1.CCOC(=O)c1ccc(O)cc1. The maximum absolute atomic E-state index is 12.2. The molecule has 3 aromatic carbocycles. The van der Waals surface area contributed by atoms with Gasteiger partial charge in [-0.15, -0.1) is 0 Å². The fourth-order valence-corrected chi connectivity index (χ4v) is 7.56. The molecule has 0 saturated heterocycles. The molecule has 2 N–H and O–H groups in total. The van der Waals surface area contributed by atoms with Crippen molar-refractivity contribution in [2.75, 3.05) is 27.4 Å². The first-order valence-electron chi connectivity index (χ1n) is 29.1. The van der Waals surface area contributed by atoms with Crippen molar-refractivity contribution in [3.8, 4) is 11.5 Å². The Morgan fingerprint density at radius 1 is 0.494 bits per heavy atom. The van der Waals surface area contributed by atoms with Crippen LogP contribution in [-0.4, -0.2) is 73.7 Å². The zero-order chi connectivity index (χ0) is 57.6. The summed E-state index contributed by atoms with van der Waals surface area (Å²) < 4.78 is 30.1. The van der Waals surface area contributed by atoms with Gasteiger partial charge in [-0.1, -0.05) is 187 Å². The summed E-state index contributed by atoms with van der Waals surface area (Å²) in [5.41, 5.74) is 1.83. The van der Waals surface area contributed by atoms with Crippen molar-refractivity contribution in [3.05, 3.63) is 114 Å². The van der Waals surface area contributed by atoms with Gasteiger partial charge in [-0.05, 0) is 119 Å². The van der Waals surface area contributed by atoms with E-state index in [0.717, 1.165) is 44.1 Å². The third kappa shape index (κ3) is 44.0. The quantitative estimate of drug-likeness (QED) is 0.0186. The third-order valence-corrected chi connectivity index (χ3v) is 12.2. The normalized spacial score (nSPS) is 11.2. The molecule has 0 heterocycles. The molecule has 436 valence electrons. The maximum Gasteiger partial charge on any atom is 0.373 e. The van der Waals surface area contributed by atoms with E-state index in [4.69, 9.17) is 33.9 Å². The molecule has 0 bridgehead atoms. The lowest BCUT2D eigenvalue weighted by Crippen LogP contribution is -2.19. The van der Waals surface area contributed by atoms with Crippen molar-refractivity contribution < 1.29 is 57.8 Å². The average molecular weight is 1080 g/mol. The lowest BCUT2D eigenvalue weighted by atomic mass is 10.0. The zero-order valence-corrected chi connectivity index (χ0v) is 49.3. The van der Waals surface area contributed by atoms with Crippen LogP contribution in [0.25, 0.3) is 6.08 Å². The predicted molar refractivity (Wildman–Crippen MR) is 315 cm³/mol. The molecule has 0 amide bonds. The topological polar surface area (TPSA) is 164 Å². The molecule has 0 fully saturated rings. The van der Waals surface area contributed by atoms with E-state index in [-0.39, 0.29) is 53.3 Å². The summed E-state index contributed by atoms with van der Waals surface area (Å²) in [7, 11) is 3.06. The van der Waals surface area contributed by atoms with Gasteiger partial charge in [-0.25, -0.2) is 14.4 Å². The van der Waals surface area contributed by atoms with E-state index in [1.807, 2.05) is 37.3 Å². The monoisotopic (exact) mass is 1080 g/mol. The molecule has 0 aliphatic rings. The van der Waals surface area contributed by atoms with Crippen molar-refractivity contribution in [2.24, 2.45) is 0 Å². The van der Waals surface area contributed by atoms with Gasteiger partial charge in [-0.2, -0.15) is 0 Å². The molecular formula is C65H104O12. The Kier molecular flexibility index (Phi) is 51.0. The maximum atomic E-state index is 12.2. The number of unbranched alkanes of at least 4 members (excludes halogenated alkanes) is 18. The molecule has 12 heteroatoms. The fraction of sp³-hybridized carbons (Fsp3) is 0.600. The Labute approximate surface area is 466 Å². The standard InChI is InChI=1S/C26H52O2.C18H26O3.2C9H10O3.C3H6O/c1-4-7-9-10-11-12-13-14-15-16-17-18-19-20-22-24-26(27)28-25(6-3)23-21-8-5-2;1-4-6-8-13-16(5-2)21-18(19)17(20-3)14-15-11-9-7-10-12-15;2*1-2-12-9(11)7-3-5-8(10)6-4-7;1-3-4-2/h25H,4-24H2,1-3H3;7,9-12,14,16H,4-6,8,13H2,1-3H3;2*3-6,10H,2H2,1H3;3H,1H2,2H3. The van der Waals surface area contributed by atoms with Crippen molar-refractivity contribution in [3.63, 3.8) is 0 Å². The Morgan fingerprint density at radius 3 is 1.21 bits per heavy atom. The van der Waals surface area contributed by atoms with Crippen LogP contribution in [-0.2, 0) is 38.0 Å². The number of carbonyl (C=O) groups is 4. The number of phenols is 2. The number of phenolic OH excluding ortho intramolecular Hbond substituents is 2. The molecule has 0 spiro atoms. The van der Waals surface area contributed by atoms with Crippen LogP contribution in [0.2, 0.25) is 0 Å². The molecule has 12 nitrogen and oxygen atoms in total. The molecule has 2 atom stereocenters. The van der Waals surface area contributed by atoms with Crippen molar-refractivity contribution in [1.29, 1.82) is 0 Å². The highest BCUT2D eigenvalue weighted by Gasteiger charge is 2.18. The molecule has 0 aliphatic heterocycles. The van der Waals surface area contributed by atoms with Gasteiger partial charge in [0, 0.05) is 6.42 Å². The number of methoxy groups -OCH3 is 2. The molecular weight excluding hydrogens is 973 g/mol. The van der Waals surface area contributed by atoms with Crippen LogP contribution >= 0.6 is 0 Å². The first kappa shape index (κ1) is 73.3. The molecule has 0 radical (unpaired) electrons. The van der Waals surface area contributed by atoms with E-state index in [2.05, 4.69) is 39.0 Å². The minimum Gasteiger partial charge on any atom is -0.508 e. The number of rotatable bonds is 36. The van der Waals surface area contributed by atoms with Gasteiger partial charge in [0.25, 0.3) is 0 Å². The number of carbonyl (C=O) groups excluding carboxylic acids is 4. The largest absolute Gasteiger partial charge is 0.508 e. The molecule has 2 unspecified atom stereocenters. The highest BCUT2D eigenvalue weighted by Crippen LogP contribution is 2.18. The van der Waals surface area contributed by atoms with E-state index in [1.165, 1.54) is 184 Å². The summed E-state index contributed by atoms with van der Waals surface area (Å²) in [6, 6.07) is 21.5. The Bertz CT molecular complexity index is 1820. The van der Waals surface area contributed by atoms with Crippen LogP contribution in [0.5, 0.6) is 11.5 Å². The lowest BCUT2D eigenvalue weighted by Gasteiger charge is -2.16. The summed E-state index contributed by atoms with van der Waals surface area (Å²) in [6.07, 6.45) is 35.0. The number of aromatic hydroxyl groups is 2. The first-order valence-corrected chi connectivity index (χ1v) is 29.1. The number of hydrogen-bond donors (Lipinski definition) is 2. The second kappa shape index (κ2) is 53.6. The highest BCUT2D eigenvalue weighted by molar-refractivity contribution is 5.91. The predicted octanol–water partition coefficient (Wildman–Crippen LogP) is 17.6. The van der Waals surface area contributed by atoms with Crippen molar-refractivity contribution in [2.45, 2.75) is 228 Å². The average Bonchev–Trinajstić information content (AvgIpc) is 3.44. The summed E-state index contributed by atoms with van der Waals surface area (Å²) >= 11 is 0. The Morgan fingerprint density at radius 2 is 0.857 bits per heavy atom. The zero-order valence-electron chi connectivity index (χ0n) is 49.3. The van der Waals surface area contributed by atoms with Crippen LogP contribution in [0.4, 0.5) is 0 Å². The van der Waals surface area contributed by atoms with E-state index >= 15 is 0 Å². The van der Waals surface area contributed by atoms with Crippen LogP contribution in [0, 0.1) is 0 Å². The van der Waals surface area contributed by atoms with Crippen LogP contribution in [0.15, 0.2) is 97.5 Å². The van der Waals surface area contributed by atoms with Gasteiger partial charge < -0.3 is 38.6 Å². The summed E-state index contributed by atoms with van der Waals surface area (Å²) in [6.45, 7) is 18.3. The van der Waals surface area contributed by atoms with E-state index < -0.39 is 0 Å². The molecule has 3 aromatic rings. The molecule has 3 rings (SSSR count). The van der Waals surface area contributed by atoms with Gasteiger partial charge in [-0.3, -0.25) is 4.79 Å². The minimum absolute atomic E-state index is 0.0260. The van der Waals surface area contributed by atoms with Crippen LogP contribution in [0.3, 0.4) is 0 Å². The van der Waals surface area contributed by atoms with Crippen molar-refractivity contribution in [1.82, 2.24) is 0 Å². The van der Waals surface area contributed by atoms with Gasteiger partial charge in [0.15, 0.2) is 0 Å². The minimum atomic E-state index is -0.385. The molecule has 0 aliphatic carbocycles. The van der Waals surface area contributed by atoms with Gasteiger partial charge >= 0.3 is 23.9 Å². The summed E-state index contributed by atoms with van der Waals surface area (Å²) in [5, 5.41) is 17.8. The second-order valence-corrected chi connectivity index (χ2v) is 18.7. The summed E-state index contributed by atoms with van der Waals surface area (Å²) in [5.74, 6) is -0.556. The van der Waals surface area contributed by atoms with Crippen LogP contribution in [0.1, 0.15) is 242 Å². The van der Waals surface area contributed by atoms with Gasteiger partial charge in [0.2, 0.25) is 5.76 Å². The summed E-state index contributed by atoms with van der Waals surface area (Å²) in [4.78, 5) is 46.2. The van der Waals surface area contributed by atoms with Crippen molar-refractivity contribution >= 4 is 30.0 Å². The fourth-order valence-electron chi connectivity index (χ4n) is 7.56.